The highest BCUT2D eigenvalue weighted by Gasteiger charge is 2.13. The molecule has 0 unspecified atom stereocenters. The summed E-state index contributed by atoms with van der Waals surface area (Å²) >= 11 is 6.12. The van der Waals surface area contributed by atoms with E-state index in [1.165, 1.54) is 12.1 Å². The van der Waals surface area contributed by atoms with Gasteiger partial charge in [0.25, 0.3) is 5.91 Å². The van der Waals surface area contributed by atoms with Crippen molar-refractivity contribution < 1.29 is 13.9 Å². The van der Waals surface area contributed by atoms with Gasteiger partial charge in [0.15, 0.2) is 0 Å². The van der Waals surface area contributed by atoms with Gasteiger partial charge in [-0.25, -0.2) is 4.39 Å². The fraction of sp³-hybridized carbons (Fsp3) is 0.211. The van der Waals surface area contributed by atoms with Gasteiger partial charge in [-0.1, -0.05) is 41.9 Å². The third-order valence-electron chi connectivity index (χ3n) is 3.55. The molecule has 2 aromatic rings. The molecule has 132 valence electrons. The molecule has 6 heteroatoms. The first-order valence-corrected chi connectivity index (χ1v) is 8.21. The molecule has 0 saturated carbocycles. The lowest BCUT2D eigenvalue weighted by atomic mass is 10.1. The van der Waals surface area contributed by atoms with E-state index in [0.717, 1.165) is 5.56 Å². The van der Waals surface area contributed by atoms with Gasteiger partial charge in [0.2, 0.25) is 0 Å². The second kappa shape index (κ2) is 9.20. The van der Waals surface area contributed by atoms with Crippen molar-refractivity contribution >= 4 is 17.5 Å². The van der Waals surface area contributed by atoms with Crippen LogP contribution in [0.25, 0.3) is 0 Å². The molecule has 0 saturated heterocycles. The first kappa shape index (κ1) is 19.0. The van der Waals surface area contributed by atoms with E-state index >= 15 is 0 Å². The van der Waals surface area contributed by atoms with Gasteiger partial charge in [-0.3, -0.25) is 4.79 Å². The largest absolute Gasteiger partial charge is 0.485 e. The molecule has 25 heavy (non-hydrogen) atoms. The van der Waals surface area contributed by atoms with Crippen molar-refractivity contribution in [3.8, 4) is 5.75 Å². The zero-order valence-electron chi connectivity index (χ0n) is 13.8. The molecule has 0 heterocycles. The van der Waals surface area contributed by atoms with Crippen LogP contribution in [-0.4, -0.2) is 19.1 Å². The van der Waals surface area contributed by atoms with E-state index in [2.05, 4.69) is 5.32 Å². The SMILES string of the molecule is C[C@H](NC(=O)c1ccc(OCC(F)=CCN)c(Cl)c1)c1ccccc1. The van der Waals surface area contributed by atoms with Crippen LogP contribution in [0.15, 0.2) is 60.4 Å². The summed E-state index contributed by atoms with van der Waals surface area (Å²) in [7, 11) is 0. The summed E-state index contributed by atoms with van der Waals surface area (Å²) in [5, 5.41) is 3.14. The van der Waals surface area contributed by atoms with Crippen LogP contribution in [0.4, 0.5) is 4.39 Å². The van der Waals surface area contributed by atoms with Crippen LogP contribution in [0.5, 0.6) is 5.75 Å². The molecule has 0 fully saturated rings. The predicted octanol–water partition coefficient (Wildman–Crippen LogP) is 4.02. The average molecular weight is 363 g/mol. The summed E-state index contributed by atoms with van der Waals surface area (Å²) in [5.74, 6) is -0.425. The van der Waals surface area contributed by atoms with Gasteiger partial charge in [0.05, 0.1) is 11.1 Å². The minimum atomic E-state index is -0.475. The summed E-state index contributed by atoms with van der Waals surface area (Å²) in [6, 6.07) is 14.1. The van der Waals surface area contributed by atoms with E-state index in [0.29, 0.717) is 11.3 Å². The Kier molecular flexibility index (Phi) is 6.98. The standard InChI is InChI=1S/C19H20ClFN2O2/c1-13(14-5-3-2-4-6-14)23-19(24)15-7-8-18(17(20)11-15)25-12-16(21)9-10-22/h2-9,11,13H,10,12,22H2,1H3,(H,23,24)/t13-/m0/s1. The minimum absolute atomic E-state index is 0.0988. The molecule has 0 aromatic heterocycles. The van der Waals surface area contributed by atoms with Gasteiger partial charge < -0.3 is 15.8 Å². The van der Waals surface area contributed by atoms with Crippen molar-refractivity contribution in [2.75, 3.05) is 13.2 Å². The van der Waals surface area contributed by atoms with Crippen LogP contribution in [0.1, 0.15) is 28.9 Å². The molecule has 3 N–H and O–H groups in total. The Morgan fingerprint density at radius 3 is 2.68 bits per heavy atom. The third-order valence-corrected chi connectivity index (χ3v) is 3.84. The maximum absolute atomic E-state index is 13.3. The Hall–Kier alpha value is -2.37. The highest BCUT2D eigenvalue weighted by Crippen LogP contribution is 2.26. The third kappa shape index (κ3) is 5.59. The Morgan fingerprint density at radius 1 is 1.32 bits per heavy atom. The number of carbonyl (C=O) groups excluding carboxylic acids is 1. The lowest BCUT2D eigenvalue weighted by Crippen LogP contribution is -2.26. The van der Waals surface area contributed by atoms with Gasteiger partial charge >= 0.3 is 0 Å². The number of halogens is 2. The number of nitrogens with one attached hydrogen (secondary N) is 1. The molecule has 2 rings (SSSR count). The molecule has 4 nitrogen and oxygen atoms in total. The molecule has 1 atom stereocenters. The molecule has 0 bridgehead atoms. The topological polar surface area (TPSA) is 64.3 Å². The van der Waals surface area contributed by atoms with Gasteiger partial charge in [-0.15, -0.1) is 0 Å². The first-order valence-electron chi connectivity index (χ1n) is 7.84. The maximum Gasteiger partial charge on any atom is 0.251 e. The Labute approximate surface area is 151 Å². The van der Waals surface area contributed by atoms with E-state index in [9.17, 15) is 9.18 Å². The number of hydrogen-bond acceptors (Lipinski definition) is 3. The molecule has 0 aliphatic carbocycles. The van der Waals surface area contributed by atoms with E-state index in [1.807, 2.05) is 37.3 Å². The van der Waals surface area contributed by atoms with Crippen LogP contribution >= 0.6 is 11.6 Å². The van der Waals surface area contributed by atoms with E-state index < -0.39 is 5.83 Å². The van der Waals surface area contributed by atoms with Crippen molar-refractivity contribution in [2.45, 2.75) is 13.0 Å². The summed E-state index contributed by atoms with van der Waals surface area (Å²) in [5.41, 5.74) is 6.63. The van der Waals surface area contributed by atoms with Gasteiger partial charge in [-0.2, -0.15) is 0 Å². The summed E-state index contributed by atoms with van der Waals surface area (Å²) in [6.45, 7) is 1.74. The fourth-order valence-electron chi connectivity index (χ4n) is 2.20. The average Bonchev–Trinajstić information content (AvgIpc) is 2.61. The van der Waals surface area contributed by atoms with Crippen LogP contribution in [0.3, 0.4) is 0 Å². The highest BCUT2D eigenvalue weighted by atomic mass is 35.5. The predicted molar refractivity (Wildman–Crippen MR) is 97.5 cm³/mol. The van der Waals surface area contributed by atoms with E-state index in [-0.39, 0.29) is 30.1 Å². The normalized spacial score (nSPS) is 12.6. The minimum Gasteiger partial charge on any atom is -0.485 e. The monoisotopic (exact) mass is 362 g/mol. The zero-order valence-corrected chi connectivity index (χ0v) is 14.6. The van der Waals surface area contributed by atoms with Crippen LogP contribution in [0.2, 0.25) is 5.02 Å². The molecule has 0 aliphatic rings. The first-order chi connectivity index (χ1) is 12.0. The number of amides is 1. The van der Waals surface area contributed by atoms with Gasteiger partial charge in [0, 0.05) is 12.1 Å². The van der Waals surface area contributed by atoms with Crippen LogP contribution in [0, 0.1) is 0 Å². The summed E-state index contributed by atoms with van der Waals surface area (Å²) in [6.07, 6.45) is 1.22. The summed E-state index contributed by atoms with van der Waals surface area (Å²) in [4.78, 5) is 12.3. The molecule has 0 aliphatic heterocycles. The number of rotatable bonds is 7. The van der Waals surface area contributed by atoms with E-state index in [1.54, 1.807) is 12.1 Å². The number of benzene rings is 2. The van der Waals surface area contributed by atoms with Crippen molar-refractivity contribution in [1.29, 1.82) is 0 Å². The zero-order chi connectivity index (χ0) is 18.2. The van der Waals surface area contributed by atoms with E-state index in [4.69, 9.17) is 22.1 Å². The number of ether oxygens (including phenoxy) is 1. The smallest absolute Gasteiger partial charge is 0.251 e. The molecule has 0 spiro atoms. The van der Waals surface area contributed by atoms with Crippen LogP contribution < -0.4 is 15.8 Å². The van der Waals surface area contributed by atoms with Crippen molar-refractivity contribution in [2.24, 2.45) is 5.73 Å². The second-order valence-electron chi connectivity index (χ2n) is 5.43. The molecule has 1 amide bonds. The maximum atomic E-state index is 13.3. The van der Waals surface area contributed by atoms with Crippen molar-refractivity contribution in [1.82, 2.24) is 5.32 Å². The Morgan fingerprint density at radius 2 is 2.04 bits per heavy atom. The van der Waals surface area contributed by atoms with Crippen molar-refractivity contribution in [3.05, 3.63) is 76.6 Å². The summed E-state index contributed by atoms with van der Waals surface area (Å²) < 4.78 is 18.6. The Bertz CT molecular complexity index is 750. The number of carbonyl (C=O) groups is 1. The molecular formula is C19H20ClFN2O2. The quantitative estimate of drug-likeness (QED) is 0.781. The molecule has 2 aromatic carbocycles. The Balaban J connectivity index is 2.01. The fourth-order valence-corrected chi connectivity index (χ4v) is 2.43. The lowest BCUT2D eigenvalue weighted by Gasteiger charge is -2.15. The van der Waals surface area contributed by atoms with Crippen LogP contribution in [-0.2, 0) is 0 Å². The highest BCUT2D eigenvalue weighted by molar-refractivity contribution is 6.32. The second-order valence-corrected chi connectivity index (χ2v) is 5.83. The molecular weight excluding hydrogens is 343 g/mol. The van der Waals surface area contributed by atoms with Crippen molar-refractivity contribution in [3.63, 3.8) is 0 Å². The number of nitrogens with two attached hydrogens (primary N) is 1. The van der Waals surface area contributed by atoms with Gasteiger partial charge in [0.1, 0.15) is 18.2 Å². The molecule has 0 radical (unpaired) electrons. The number of hydrogen-bond donors (Lipinski definition) is 2. The lowest BCUT2D eigenvalue weighted by molar-refractivity contribution is 0.0940. The van der Waals surface area contributed by atoms with Gasteiger partial charge in [-0.05, 0) is 36.8 Å².